The fourth-order valence-electron chi connectivity index (χ4n) is 1.99. The van der Waals surface area contributed by atoms with Gasteiger partial charge in [0.25, 0.3) is 0 Å². The number of Topliss-reactive ketones (excluding diaryl/α,β-unsaturated/α-hetero) is 1. The van der Waals surface area contributed by atoms with E-state index in [0.717, 1.165) is 0 Å². The molecule has 0 aromatic heterocycles. The van der Waals surface area contributed by atoms with Gasteiger partial charge in [-0.25, -0.2) is 0 Å². The molecule has 3 unspecified atom stereocenters. The second-order valence-corrected chi connectivity index (χ2v) is 5.09. The van der Waals surface area contributed by atoms with Crippen LogP contribution < -0.4 is 5.32 Å². The number of likely N-dealkylation sites (tertiary alicyclic amines) is 1. The van der Waals surface area contributed by atoms with Gasteiger partial charge in [0.05, 0.1) is 0 Å². The summed E-state index contributed by atoms with van der Waals surface area (Å²) >= 11 is 0. The molecule has 18 heavy (non-hydrogen) atoms. The van der Waals surface area contributed by atoms with Crippen LogP contribution in [0.15, 0.2) is 11.8 Å². The Balaban J connectivity index is 2.78. The number of nitrogens with zero attached hydrogens (tertiary/aromatic N) is 1. The molecule has 1 fully saturated rings. The highest BCUT2D eigenvalue weighted by atomic mass is 16.4. The summed E-state index contributed by atoms with van der Waals surface area (Å²) in [5, 5.41) is 11.5. The summed E-state index contributed by atoms with van der Waals surface area (Å²) in [4.78, 5) is 24.9. The molecule has 1 aliphatic heterocycles. The highest BCUT2D eigenvalue weighted by Gasteiger charge is 2.27. The lowest BCUT2D eigenvalue weighted by Crippen LogP contribution is -2.35. The monoisotopic (exact) mass is 254 g/mol. The van der Waals surface area contributed by atoms with E-state index in [2.05, 4.69) is 17.1 Å². The third-order valence-corrected chi connectivity index (χ3v) is 3.62. The van der Waals surface area contributed by atoms with Gasteiger partial charge in [0.15, 0.2) is 5.78 Å². The zero-order valence-electron chi connectivity index (χ0n) is 11.4. The fourth-order valence-corrected chi connectivity index (χ4v) is 1.99. The number of nitrogens with one attached hydrogen (secondary N) is 1. The maximum absolute atomic E-state index is 12.0. The smallest absolute Gasteiger partial charge is 0.325 e. The minimum Gasteiger partial charge on any atom is -0.480 e. The van der Waals surface area contributed by atoms with Crippen molar-refractivity contribution in [1.29, 1.82) is 0 Å². The zero-order valence-corrected chi connectivity index (χ0v) is 11.4. The van der Waals surface area contributed by atoms with Gasteiger partial charge in [-0.05, 0) is 34.2 Å². The summed E-state index contributed by atoms with van der Waals surface area (Å²) in [7, 11) is 2.01. The molecule has 1 rings (SSSR count). The Morgan fingerprint density at radius 3 is 2.56 bits per heavy atom. The Morgan fingerprint density at radius 2 is 2.00 bits per heavy atom. The van der Waals surface area contributed by atoms with Crippen LogP contribution in [0.3, 0.4) is 0 Å². The molecule has 5 nitrogen and oxygen atoms in total. The average molecular weight is 254 g/mol. The van der Waals surface area contributed by atoms with Crippen molar-refractivity contribution < 1.29 is 14.7 Å². The van der Waals surface area contributed by atoms with Crippen molar-refractivity contribution >= 4 is 11.8 Å². The minimum absolute atomic E-state index is 0.101. The summed E-state index contributed by atoms with van der Waals surface area (Å²) in [5.74, 6) is -0.824. The number of carboxylic acids is 1. The maximum atomic E-state index is 12.0. The lowest BCUT2D eigenvalue weighted by atomic mass is 10.0. The van der Waals surface area contributed by atoms with Crippen LogP contribution in [0.25, 0.3) is 0 Å². The summed E-state index contributed by atoms with van der Waals surface area (Å²) < 4.78 is 0. The predicted octanol–water partition coefficient (Wildman–Crippen LogP) is 1.00. The Bertz CT molecular complexity index is 365. The molecule has 0 aliphatic carbocycles. The largest absolute Gasteiger partial charge is 0.480 e. The van der Waals surface area contributed by atoms with Gasteiger partial charge >= 0.3 is 5.97 Å². The lowest BCUT2D eigenvalue weighted by Gasteiger charge is -2.27. The van der Waals surface area contributed by atoms with Crippen LogP contribution >= 0.6 is 0 Å². The van der Waals surface area contributed by atoms with Crippen LogP contribution in [0.4, 0.5) is 0 Å². The van der Waals surface area contributed by atoms with Gasteiger partial charge in [0.1, 0.15) is 6.04 Å². The van der Waals surface area contributed by atoms with E-state index in [1.54, 1.807) is 13.1 Å². The van der Waals surface area contributed by atoms with E-state index in [-0.39, 0.29) is 17.9 Å². The molecule has 3 atom stereocenters. The second kappa shape index (κ2) is 6.00. The number of aliphatic carboxylic acids is 1. The summed E-state index contributed by atoms with van der Waals surface area (Å²) in [6.45, 7) is 5.66. The predicted molar refractivity (Wildman–Crippen MR) is 69.2 cm³/mol. The molecule has 0 saturated carbocycles. The average Bonchev–Trinajstić information content (AvgIpc) is 2.39. The third kappa shape index (κ3) is 3.57. The molecule has 0 radical (unpaired) electrons. The first-order valence-corrected chi connectivity index (χ1v) is 6.26. The first-order valence-electron chi connectivity index (χ1n) is 6.26. The summed E-state index contributed by atoms with van der Waals surface area (Å²) in [6, 6.07) is -0.186. The molecule has 0 spiro atoms. The van der Waals surface area contributed by atoms with E-state index in [9.17, 15) is 9.59 Å². The van der Waals surface area contributed by atoms with Crippen LogP contribution in [0.1, 0.15) is 33.6 Å². The van der Waals surface area contributed by atoms with Crippen LogP contribution in [0.2, 0.25) is 0 Å². The molecule has 0 aromatic carbocycles. The van der Waals surface area contributed by atoms with Crippen LogP contribution in [0, 0.1) is 0 Å². The number of carboxylic acid groups (broad SMARTS) is 1. The van der Waals surface area contributed by atoms with E-state index in [4.69, 9.17) is 5.11 Å². The lowest BCUT2D eigenvalue weighted by molar-refractivity contribution is -0.138. The molecule has 1 saturated heterocycles. The molecular formula is C13H22N2O3. The second-order valence-electron chi connectivity index (χ2n) is 5.09. The Labute approximate surface area is 108 Å². The summed E-state index contributed by atoms with van der Waals surface area (Å²) in [5.41, 5.74) is 0.687. The van der Waals surface area contributed by atoms with Gasteiger partial charge in [0, 0.05) is 30.3 Å². The van der Waals surface area contributed by atoms with Crippen molar-refractivity contribution in [2.75, 3.05) is 7.05 Å². The third-order valence-electron chi connectivity index (χ3n) is 3.62. The SMILES string of the molecule is CC(N/C=C1/CC(C)N(C)C(C)CC1=O)C(=O)O. The van der Waals surface area contributed by atoms with E-state index < -0.39 is 12.0 Å². The molecule has 0 amide bonds. The normalized spacial score (nSPS) is 30.0. The van der Waals surface area contributed by atoms with Crippen molar-refractivity contribution in [3.8, 4) is 0 Å². The van der Waals surface area contributed by atoms with Crippen molar-refractivity contribution in [1.82, 2.24) is 10.2 Å². The standard InChI is InChI=1S/C13H22N2O3/c1-8-5-11(7-14-10(3)13(17)18)12(16)6-9(2)15(8)4/h7-10,14H,5-6H2,1-4H3,(H,17,18)/b11-7-. The van der Waals surface area contributed by atoms with E-state index in [0.29, 0.717) is 18.4 Å². The number of hydrogen-bond acceptors (Lipinski definition) is 4. The number of carbonyl (C=O) groups excluding carboxylic acids is 1. The summed E-state index contributed by atoms with van der Waals surface area (Å²) in [6.07, 6.45) is 2.71. The maximum Gasteiger partial charge on any atom is 0.325 e. The highest BCUT2D eigenvalue weighted by Crippen LogP contribution is 2.21. The van der Waals surface area contributed by atoms with Crippen LogP contribution in [-0.4, -0.2) is 46.9 Å². The Kier molecular flexibility index (Phi) is 4.90. The Hall–Kier alpha value is -1.36. The topological polar surface area (TPSA) is 69.6 Å². The van der Waals surface area contributed by atoms with Gasteiger partial charge < -0.3 is 15.3 Å². The first-order chi connectivity index (χ1) is 8.32. The molecule has 0 bridgehead atoms. The Morgan fingerprint density at radius 1 is 1.44 bits per heavy atom. The number of rotatable bonds is 3. The molecular weight excluding hydrogens is 232 g/mol. The van der Waals surface area contributed by atoms with Crippen molar-refractivity contribution in [3.05, 3.63) is 11.8 Å². The van der Waals surface area contributed by atoms with Crippen LogP contribution in [-0.2, 0) is 9.59 Å². The molecule has 102 valence electrons. The van der Waals surface area contributed by atoms with E-state index >= 15 is 0 Å². The number of hydrogen-bond donors (Lipinski definition) is 2. The first kappa shape index (κ1) is 14.7. The minimum atomic E-state index is -0.925. The van der Waals surface area contributed by atoms with Gasteiger partial charge in [-0.15, -0.1) is 0 Å². The quantitative estimate of drug-likeness (QED) is 0.735. The molecule has 0 aromatic rings. The zero-order chi connectivity index (χ0) is 13.9. The molecule has 1 aliphatic rings. The highest BCUT2D eigenvalue weighted by molar-refractivity contribution is 5.96. The molecule has 1 heterocycles. The fraction of sp³-hybridized carbons (Fsp3) is 0.692. The van der Waals surface area contributed by atoms with Crippen molar-refractivity contribution in [2.24, 2.45) is 0 Å². The van der Waals surface area contributed by atoms with Crippen molar-refractivity contribution in [3.63, 3.8) is 0 Å². The molecule has 5 heteroatoms. The molecule has 2 N–H and O–H groups in total. The van der Waals surface area contributed by atoms with Gasteiger partial charge in [-0.3, -0.25) is 9.59 Å². The van der Waals surface area contributed by atoms with Crippen molar-refractivity contribution in [2.45, 2.75) is 51.7 Å². The van der Waals surface area contributed by atoms with Crippen LogP contribution in [0.5, 0.6) is 0 Å². The van der Waals surface area contributed by atoms with E-state index in [1.165, 1.54) is 0 Å². The van der Waals surface area contributed by atoms with Gasteiger partial charge in [-0.1, -0.05) is 0 Å². The van der Waals surface area contributed by atoms with Gasteiger partial charge in [-0.2, -0.15) is 0 Å². The van der Waals surface area contributed by atoms with Gasteiger partial charge in [0.2, 0.25) is 0 Å². The number of carbonyl (C=O) groups is 2. The van der Waals surface area contributed by atoms with E-state index in [1.807, 2.05) is 14.0 Å². The number of ketones is 1.